The summed E-state index contributed by atoms with van der Waals surface area (Å²) >= 11 is 0. The lowest BCUT2D eigenvalue weighted by Crippen LogP contribution is -2.56. The summed E-state index contributed by atoms with van der Waals surface area (Å²) in [5, 5.41) is 73.2. The van der Waals surface area contributed by atoms with Gasteiger partial charge in [0.15, 0.2) is 0 Å². The zero-order valence-electron chi connectivity index (χ0n) is 39.4. The number of nitrogens with zero attached hydrogens (tertiary/aromatic N) is 1. The molecule has 25 nitrogen and oxygen atoms in total. The number of urea groups is 1. The van der Waals surface area contributed by atoms with E-state index in [4.69, 9.17) is 10.2 Å². The van der Waals surface area contributed by atoms with Gasteiger partial charge in [-0.25, -0.2) is 24.2 Å². The maximum atomic E-state index is 13.6. The first-order valence-electron chi connectivity index (χ1n) is 23.2. The fourth-order valence-corrected chi connectivity index (χ4v) is 6.81. The monoisotopic (exact) mass is 1020 g/mol. The average molecular weight is 1020 g/mol. The third-order valence-corrected chi connectivity index (χ3v) is 10.8. The number of phenolic OH excluding ortho intramolecular Hbond substituents is 1. The zero-order chi connectivity index (χ0) is 53.6. The standard InChI is InChI=1S/C46H63FN8O17/c47-35-20-15-28(26-50-35)40(63)51-30(18-21-38(59)60)41(64)53-34(25-27-13-16-29(56)17-14-27)42(65)52-31(43(66)67)9-5-7-23-48-36(57)11-3-1-2-4-12-37(58)49-24-8-6-10-32(44(68)69)54-46(72)55-33(45(70)71)19-22-39(61)62/h13-17,20,26,30-34,56H,1-12,18-19,21-25H2,(H,48,57)(H,49,58)(H,51,63)(H,52,65)(H,53,64)(H,59,60)(H,61,62)(H,66,67)(H,68,69)(H,70,71)(H2,54,55,72)/t30-,31+,32-,33-,34-/m0/s1. The largest absolute Gasteiger partial charge is 0.508 e. The van der Waals surface area contributed by atoms with Gasteiger partial charge in [-0.05, 0) is 94.0 Å². The van der Waals surface area contributed by atoms with E-state index in [9.17, 15) is 77.6 Å². The lowest BCUT2D eigenvalue weighted by atomic mass is 10.0. The Hall–Kier alpha value is -7.93. The van der Waals surface area contributed by atoms with Crippen LogP contribution >= 0.6 is 0 Å². The number of carbonyl (C=O) groups excluding carboxylic acids is 6. The summed E-state index contributed by atoms with van der Waals surface area (Å²) in [5.74, 6) is -11.0. The number of carboxylic acid groups (broad SMARTS) is 5. The molecule has 0 aliphatic carbocycles. The van der Waals surface area contributed by atoms with Crippen LogP contribution in [0.1, 0.15) is 119 Å². The van der Waals surface area contributed by atoms with Gasteiger partial charge in [0.2, 0.25) is 29.6 Å². The number of hydrogen-bond donors (Lipinski definition) is 13. The number of unbranched alkanes of at least 4 members (excludes halogenated alkanes) is 5. The normalized spacial score (nSPS) is 12.8. The van der Waals surface area contributed by atoms with Crippen molar-refractivity contribution >= 4 is 65.4 Å². The van der Waals surface area contributed by atoms with Crippen LogP contribution in [0.2, 0.25) is 0 Å². The van der Waals surface area contributed by atoms with Crippen LogP contribution in [0.5, 0.6) is 5.75 Å². The molecule has 0 aliphatic rings. The van der Waals surface area contributed by atoms with Crippen LogP contribution in [0.3, 0.4) is 0 Å². The molecular formula is C46H63FN8O17. The molecule has 1 heterocycles. The molecule has 5 atom stereocenters. The van der Waals surface area contributed by atoms with Gasteiger partial charge in [-0.2, -0.15) is 4.39 Å². The van der Waals surface area contributed by atoms with Crippen LogP contribution in [0.4, 0.5) is 9.18 Å². The number of aliphatic carboxylic acids is 5. The Labute approximate surface area is 412 Å². The summed E-state index contributed by atoms with van der Waals surface area (Å²) in [6.45, 7) is 0.452. The molecule has 0 unspecified atom stereocenters. The summed E-state index contributed by atoms with van der Waals surface area (Å²) in [4.78, 5) is 137. The number of carbonyl (C=O) groups is 11. The first kappa shape index (κ1) is 60.2. The maximum absolute atomic E-state index is 13.6. The van der Waals surface area contributed by atoms with Crippen molar-refractivity contribution in [2.45, 2.75) is 139 Å². The minimum absolute atomic E-state index is 0.0190. The van der Waals surface area contributed by atoms with E-state index < -0.39 is 115 Å². The molecule has 13 N–H and O–H groups in total. The first-order valence-corrected chi connectivity index (χ1v) is 23.2. The van der Waals surface area contributed by atoms with Gasteiger partial charge in [0.1, 0.15) is 36.0 Å². The number of benzene rings is 1. The molecule has 7 amide bonds. The van der Waals surface area contributed by atoms with Gasteiger partial charge in [-0.1, -0.05) is 25.0 Å². The van der Waals surface area contributed by atoms with Crippen LogP contribution < -0.4 is 37.2 Å². The van der Waals surface area contributed by atoms with Crippen molar-refractivity contribution in [2.24, 2.45) is 0 Å². The van der Waals surface area contributed by atoms with Crippen molar-refractivity contribution in [1.82, 2.24) is 42.2 Å². The number of nitrogens with one attached hydrogen (secondary N) is 7. The van der Waals surface area contributed by atoms with E-state index in [0.29, 0.717) is 50.5 Å². The second kappa shape index (κ2) is 32.8. The highest BCUT2D eigenvalue weighted by molar-refractivity contribution is 5.98. The molecule has 0 radical (unpaired) electrons. The Morgan fingerprint density at radius 3 is 1.42 bits per heavy atom. The number of hydrogen-bond acceptors (Lipinski definition) is 13. The van der Waals surface area contributed by atoms with E-state index in [2.05, 4.69) is 36.9 Å². The molecule has 0 spiro atoms. The molecule has 396 valence electrons. The Balaban J connectivity index is 1.74. The van der Waals surface area contributed by atoms with Crippen molar-refractivity contribution in [2.75, 3.05) is 13.1 Å². The lowest BCUT2D eigenvalue weighted by Gasteiger charge is -2.24. The Morgan fingerprint density at radius 2 is 0.944 bits per heavy atom. The fraction of sp³-hybridized carbons (Fsp3) is 0.522. The summed E-state index contributed by atoms with van der Waals surface area (Å²) in [5.41, 5.74) is 0.304. The topological polar surface area (TPSA) is 406 Å². The van der Waals surface area contributed by atoms with Gasteiger partial charge in [-0.3, -0.25) is 33.6 Å². The quantitative estimate of drug-likeness (QED) is 0.0336. The third kappa shape index (κ3) is 25.6. The number of rotatable bonds is 36. The van der Waals surface area contributed by atoms with Gasteiger partial charge in [0.25, 0.3) is 5.91 Å². The molecule has 0 fully saturated rings. The molecule has 1 aromatic carbocycles. The van der Waals surface area contributed by atoms with Crippen LogP contribution in [0, 0.1) is 5.95 Å². The molecule has 2 rings (SSSR count). The maximum Gasteiger partial charge on any atom is 0.326 e. The Bertz CT molecular complexity index is 2160. The minimum Gasteiger partial charge on any atom is -0.508 e. The number of phenols is 1. The summed E-state index contributed by atoms with van der Waals surface area (Å²) < 4.78 is 13.3. The number of pyridine rings is 1. The molecule has 2 aromatic rings. The molecule has 72 heavy (non-hydrogen) atoms. The van der Waals surface area contributed by atoms with Gasteiger partial charge in [0, 0.05) is 51.4 Å². The van der Waals surface area contributed by atoms with E-state index in [0.717, 1.165) is 18.3 Å². The molecule has 0 saturated heterocycles. The summed E-state index contributed by atoms with van der Waals surface area (Å²) in [6, 6.07) is -0.743. The Kier molecular flexibility index (Phi) is 27.4. The van der Waals surface area contributed by atoms with Crippen molar-refractivity contribution in [1.29, 1.82) is 0 Å². The number of halogens is 1. The van der Waals surface area contributed by atoms with Crippen LogP contribution in [-0.2, 0) is 49.6 Å². The summed E-state index contributed by atoms with van der Waals surface area (Å²) in [6.07, 6.45) is 2.84. The van der Waals surface area contributed by atoms with E-state index in [1.165, 1.54) is 24.3 Å². The third-order valence-electron chi connectivity index (χ3n) is 10.8. The van der Waals surface area contributed by atoms with Crippen molar-refractivity contribution < 1.29 is 87.8 Å². The Morgan fingerprint density at radius 1 is 0.486 bits per heavy atom. The highest BCUT2D eigenvalue weighted by atomic mass is 19.1. The molecule has 1 aromatic heterocycles. The number of carboxylic acids is 5. The molecular weight excluding hydrogens is 956 g/mol. The van der Waals surface area contributed by atoms with Crippen LogP contribution in [0.15, 0.2) is 42.6 Å². The van der Waals surface area contributed by atoms with Crippen molar-refractivity contribution in [3.63, 3.8) is 0 Å². The van der Waals surface area contributed by atoms with Gasteiger partial charge in [0.05, 0.1) is 5.56 Å². The van der Waals surface area contributed by atoms with E-state index in [1.807, 2.05) is 5.32 Å². The van der Waals surface area contributed by atoms with Crippen molar-refractivity contribution in [3.05, 3.63) is 59.7 Å². The first-order chi connectivity index (χ1) is 34.1. The van der Waals surface area contributed by atoms with E-state index in [-0.39, 0.29) is 74.7 Å². The van der Waals surface area contributed by atoms with Crippen LogP contribution in [-0.4, -0.2) is 144 Å². The van der Waals surface area contributed by atoms with Gasteiger partial charge >= 0.3 is 35.9 Å². The molecule has 0 saturated carbocycles. The van der Waals surface area contributed by atoms with Crippen LogP contribution in [0.25, 0.3) is 0 Å². The predicted octanol–water partition coefficient (Wildman–Crippen LogP) is 1.17. The average Bonchev–Trinajstić information content (AvgIpc) is 3.31. The molecule has 0 aliphatic heterocycles. The van der Waals surface area contributed by atoms with E-state index in [1.54, 1.807) is 0 Å². The predicted molar refractivity (Wildman–Crippen MR) is 248 cm³/mol. The number of aromatic hydroxyl groups is 1. The molecule has 26 heteroatoms. The second-order valence-electron chi connectivity index (χ2n) is 16.6. The van der Waals surface area contributed by atoms with Gasteiger partial charge in [-0.15, -0.1) is 0 Å². The second-order valence-corrected chi connectivity index (χ2v) is 16.6. The van der Waals surface area contributed by atoms with E-state index >= 15 is 0 Å². The summed E-state index contributed by atoms with van der Waals surface area (Å²) in [7, 11) is 0. The lowest BCUT2D eigenvalue weighted by molar-refractivity contribution is -0.142. The highest BCUT2D eigenvalue weighted by Crippen LogP contribution is 2.14. The number of amides is 7. The SMILES string of the molecule is O=C(O)CC[C@H](NC(=O)N[C@@H](CCCCNC(=O)CCCCCCC(=O)NCCCC[C@@H](NC(=O)[C@H](Cc1ccc(O)cc1)NC(=O)[C@H](CCC(=O)O)NC(=O)c1ccc(F)nc1)C(=O)O)C(=O)O)C(=O)O. The van der Waals surface area contributed by atoms with Crippen molar-refractivity contribution in [3.8, 4) is 5.75 Å². The van der Waals surface area contributed by atoms with Gasteiger partial charge < -0.3 is 67.9 Å². The molecule has 0 bridgehead atoms. The number of aromatic nitrogens is 1. The zero-order valence-corrected chi connectivity index (χ0v) is 39.4. The highest BCUT2D eigenvalue weighted by Gasteiger charge is 2.31. The smallest absolute Gasteiger partial charge is 0.326 e. The minimum atomic E-state index is -1.53. The fourth-order valence-electron chi connectivity index (χ4n) is 6.81.